The van der Waals surface area contributed by atoms with Gasteiger partial charge < -0.3 is 10.6 Å². The molecule has 1 aromatic carbocycles. The molecule has 0 atom stereocenters. The van der Waals surface area contributed by atoms with E-state index in [1.165, 1.54) is 23.4 Å². The van der Waals surface area contributed by atoms with E-state index in [1.807, 2.05) is 6.07 Å². The maximum absolute atomic E-state index is 12.0. The van der Waals surface area contributed by atoms with Crippen LogP contribution in [0.4, 0.5) is 16.2 Å². The molecule has 1 saturated carbocycles. The van der Waals surface area contributed by atoms with Crippen molar-refractivity contribution in [3.63, 3.8) is 0 Å². The second-order valence-corrected chi connectivity index (χ2v) is 7.92. The number of carbonyl (C=O) groups excluding carboxylic acids is 1. The average molecular weight is 323 g/mol. The second-order valence-electron chi connectivity index (χ2n) is 6.01. The molecule has 3 rings (SSSR count). The van der Waals surface area contributed by atoms with Crippen LogP contribution in [-0.2, 0) is 16.4 Å². The van der Waals surface area contributed by atoms with Crippen molar-refractivity contribution in [2.75, 3.05) is 22.4 Å². The molecule has 0 radical (unpaired) electrons. The lowest BCUT2D eigenvalue weighted by Crippen LogP contribution is -2.36. The Morgan fingerprint density at radius 2 is 2.00 bits per heavy atom. The Balaban J connectivity index is 1.68. The summed E-state index contributed by atoms with van der Waals surface area (Å²) in [5.74, 6) is 0. The molecular weight excluding hydrogens is 302 g/mol. The van der Waals surface area contributed by atoms with Crippen LogP contribution >= 0.6 is 0 Å². The van der Waals surface area contributed by atoms with Crippen molar-refractivity contribution in [2.24, 2.45) is 0 Å². The molecule has 7 heteroatoms. The van der Waals surface area contributed by atoms with Crippen LogP contribution in [0.2, 0.25) is 0 Å². The molecule has 1 aromatic rings. The minimum atomic E-state index is -3.23. The summed E-state index contributed by atoms with van der Waals surface area (Å²) >= 11 is 0. The molecular formula is C15H21N3O3S. The molecule has 0 spiro atoms. The molecule has 120 valence electrons. The molecule has 0 bridgehead atoms. The highest BCUT2D eigenvalue weighted by atomic mass is 32.2. The minimum absolute atomic E-state index is 0.190. The van der Waals surface area contributed by atoms with Gasteiger partial charge in [-0.3, -0.25) is 4.31 Å². The number of fused-ring (bicyclic) bond motifs is 1. The topological polar surface area (TPSA) is 78.5 Å². The lowest BCUT2D eigenvalue weighted by molar-refractivity contribution is 0.248. The Bertz CT molecular complexity index is 681. The van der Waals surface area contributed by atoms with Crippen LogP contribution < -0.4 is 14.9 Å². The summed E-state index contributed by atoms with van der Waals surface area (Å²) in [7, 11) is -3.23. The zero-order valence-corrected chi connectivity index (χ0v) is 13.4. The highest BCUT2D eigenvalue weighted by molar-refractivity contribution is 7.92. The first-order valence-corrected chi connectivity index (χ1v) is 9.46. The highest BCUT2D eigenvalue weighted by Gasteiger charge is 2.26. The molecule has 1 aliphatic carbocycles. The van der Waals surface area contributed by atoms with Crippen molar-refractivity contribution >= 4 is 27.4 Å². The fourth-order valence-corrected chi connectivity index (χ4v) is 4.17. The molecule has 1 aliphatic heterocycles. The van der Waals surface area contributed by atoms with E-state index >= 15 is 0 Å². The molecule has 0 aromatic heterocycles. The molecule has 0 unspecified atom stereocenters. The summed E-state index contributed by atoms with van der Waals surface area (Å²) in [6, 6.07) is 5.44. The highest BCUT2D eigenvalue weighted by Crippen LogP contribution is 2.32. The van der Waals surface area contributed by atoms with Gasteiger partial charge in [-0.1, -0.05) is 12.8 Å². The zero-order valence-electron chi connectivity index (χ0n) is 12.6. The van der Waals surface area contributed by atoms with E-state index in [2.05, 4.69) is 10.6 Å². The molecule has 0 saturated heterocycles. The van der Waals surface area contributed by atoms with Crippen LogP contribution in [0.5, 0.6) is 0 Å². The molecule has 1 fully saturated rings. The zero-order chi connectivity index (χ0) is 15.7. The quantitative estimate of drug-likeness (QED) is 0.894. The van der Waals surface area contributed by atoms with Crippen molar-refractivity contribution in [2.45, 2.75) is 38.1 Å². The molecule has 1 heterocycles. The number of rotatable bonds is 3. The van der Waals surface area contributed by atoms with Gasteiger partial charge in [-0.2, -0.15) is 0 Å². The number of urea groups is 1. The number of amides is 2. The standard InChI is InChI=1S/C15H21N3O3S/c1-22(20,21)18-9-8-11-10-13(6-7-14(11)18)17-15(19)16-12-4-2-3-5-12/h6-7,10,12H,2-5,8-9H2,1H3,(H2,16,17,19). The van der Waals surface area contributed by atoms with E-state index in [0.29, 0.717) is 24.3 Å². The van der Waals surface area contributed by atoms with Crippen LogP contribution in [0.25, 0.3) is 0 Å². The third kappa shape index (κ3) is 3.19. The Morgan fingerprint density at radius 1 is 1.27 bits per heavy atom. The van der Waals surface area contributed by atoms with Crippen molar-refractivity contribution in [3.8, 4) is 0 Å². The Hall–Kier alpha value is -1.76. The van der Waals surface area contributed by atoms with Gasteiger partial charge in [0.25, 0.3) is 0 Å². The smallest absolute Gasteiger partial charge is 0.319 e. The summed E-state index contributed by atoms with van der Waals surface area (Å²) < 4.78 is 24.8. The normalized spacial score (nSPS) is 18.3. The SMILES string of the molecule is CS(=O)(=O)N1CCc2cc(NC(=O)NC3CCCC3)ccc21. The van der Waals surface area contributed by atoms with Gasteiger partial charge in [-0.05, 0) is 43.0 Å². The number of hydrogen-bond donors (Lipinski definition) is 2. The maximum Gasteiger partial charge on any atom is 0.319 e. The van der Waals surface area contributed by atoms with Gasteiger partial charge in [-0.25, -0.2) is 13.2 Å². The number of carbonyl (C=O) groups is 1. The van der Waals surface area contributed by atoms with E-state index in [-0.39, 0.29) is 12.1 Å². The lowest BCUT2D eigenvalue weighted by Gasteiger charge is -2.17. The number of benzene rings is 1. The fraction of sp³-hybridized carbons (Fsp3) is 0.533. The predicted octanol–water partition coefficient (Wildman–Crippen LogP) is 2.07. The van der Waals surface area contributed by atoms with Gasteiger partial charge >= 0.3 is 6.03 Å². The number of nitrogens with one attached hydrogen (secondary N) is 2. The summed E-state index contributed by atoms with van der Waals surface area (Å²) in [6.45, 7) is 0.464. The summed E-state index contributed by atoms with van der Waals surface area (Å²) in [5.41, 5.74) is 2.36. The number of anilines is 2. The van der Waals surface area contributed by atoms with Gasteiger partial charge in [0, 0.05) is 18.3 Å². The first-order chi connectivity index (χ1) is 10.4. The van der Waals surface area contributed by atoms with Gasteiger partial charge in [0.15, 0.2) is 0 Å². The average Bonchev–Trinajstić information content (AvgIpc) is 3.05. The van der Waals surface area contributed by atoms with Crippen LogP contribution in [0.1, 0.15) is 31.2 Å². The van der Waals surface area contributed by atoms with Crippen LogP contribution in [-0.4, -0.2) is 33.3 Å². The van der Waals surface area contributed by atoms with Gasteiger partial charge in [-0.15, -0.1) is 0 Å². The van der Waals surface area contributed by atoms with Gasteiger partial charge in [0.1, 0.15) is 0 Å². The number of sulfonamides is 1. The van der Waals surface area contributed by atoms with Gasteiger partial charge in [0.2, 0.25) is 10.0 Å². The van der Waals surface area contributed by atoms with E-state index in [9.17, 15) is 13.2 Å². The first-order valence-electron chi connectivity index (χ1n) is 7.61. The van der Waals surface area contributed by atoms with Crippen molar-refractivity contribution < 1.29 is 13.2 Å². The Kier molecular flexibility index (Phi) is 3.99. The van der Waals surface area contributed by atoms with Crippen LogP contribution in [0, 0.1) is 0 Å². The third-order valence-corrected chi connectivity index (χ3v) is 5.46. The van der Waals surface area contributed by atoms with E-state index in [0.717, 1.165) is 18.4 Å². The van der Waals surface area contributed by atoms with E-state index in [1.54, 1.807) is 12.1 Å². The van der Waals surface area contributed by atoms with E-state index < -0.39 is 10.0 Å². The first kappa shape index (κ1) is 15.1. The molecule has 2 amide bonds. The van der Waals surface area contributed by atoms with E-state index in [4.69, 9.17) is 0 Å². The van der Waals surface area contributed by atoms with Crippen molar-refractivity contribution in [1.29, 1.82) is 0 Å². The van der Waals surface area contributed by atoms with Crippen molar-refractivity contribution in [1.82, 2.24) is 5.32 Å². The molecule has 2 N–H and O–H groups in total. The summed E-state index contributed by atoms with van der Waals surface area (Å²) in [6.07, 6.45) is 6.31. The van der Waals surface area contributed by atoms with Crippen LogP contribution in [0.15, 0.2) is 18.2 Å². The fourth-order valence-electron chi connectivity index (χ4n) is 3.22. The molecule has 6 nitrogen and oxygen atoms in total. The lowest BCUT2D eigenvalue weighted by atomic mass is 10.1. The monoisotopic (exact) mass is 323 g/mol. The number of hydrogen-bond acceptors (Lipinski definition) is 3. The molecule has 22 heavy (non-hydrogen) atoms. The maximum atomic E-state index is 12.0. The Labute approximate surface area is 130 Å². The summed E-state index contributed by atoms with van der Waals surface area (Å²) in [5, 5.41) is 5.81. The Morgan fingerprint density at radius 3 is 2.68 bits per heavy atom. The largest absolute Gasteiger partial charge is 0.335 e. The number of nitrogens with zero attached hydrogens (tertiary/aromatic N) is 1. The van der Waals surface area contributed by atoms with Gasteiger partial charge in [0.05, 0.1) is 11.9 Å². The summed E-state index contributed by atoms with van der Waals surface area (Å²) in [4.78, 5) is 12.0. The molecule has 2 aliphatic rings. The minimum Gasteiger partial charge on any atom is -0.335 e. The van der Waals surface area contributed by atoms with Crippen LogP contribution in [0.3, 0.4) is 0 Å². The predicted molar refractivity (Wildman–Crippen MR) is 86.7 cm³/mol. The van der Waals surface area contributed by atoms with Crippen molar-refractivity contribution in [3.05, 3.63) is 23.8 Å². The second kappa shape index (κ2) is 5.79. The third-order valence-electron chi connectivity index (χ3n) is 4.28.